The molecule has 1 rings (SSSR count). The van der Waals surface area contributed by atoms with Crippen molar-refractivity contribution >= 4 is 5.91 Å². The predicted octanol–water partition coefficient (Wildman–Crippen LogP) is 1.54. The quantitative estimate of drug-likeness (QED) is 0.603. The van der Waals surface area contributed by atoms with Crippen LogP contribution in [-0.4, -0.2) is 26.2 Å². The van der Waals surface area contributed by atoms with E-state index in [-0.39, 0.29) is 5.91 Å². The zero-order valence-corrected chi connectivity index (χ0v) is 10.6. The number of rotatable bonds is 6. The number of carbonyl (C=O) groups is 1. The van der Waals surface area contributed by atoms with Gasteiger partial charge in [0.2, 0.25) is 5.91 Å². The van der Waals surface area contributed by atoms with Gasteiger partial charge < -0.3 is 4.74 Å². The van der Waals surface area contributed by atoms with E-state index >= 15 is 0 Å². The van der Waals surface area contributed by atoms with Crippen LogP contribution in [0.4, 0.5) is 0 Å². The third kappa shape index (κ3) is 4.97. The summed E-state index contributed by atoms with van der Waals surface area (Å²) in [5, 5.41) is 0. The molecule has 0 aliphatic heterocycles. The monoisotopic (exact) mass is 237 g/mol. The lowest BCUT2D eigenvalue weighted by molar-refractivity contribution is -0.133. The molecule has 0 spiro atoms. The van der Waals surface area contributed by atoms with Crippen molar-refractivity contribution in [2.75, 3.05) is 20.3 Å². The Hall–Kier alpha value is -1.39. The van der Waals surface area contributed by atoms with Gasteiger partial charge >= 0.3 is 0 Å². The highest BCUT2D eigenvalue weighted by atomic mass is 16.7. The maximum absolute atomic E-state index is 11.5. The first-order valence-electron chi connectivity index (χ1n) is 5.59. The fourth-order valence-corrected chi connectivity index (χ4v) is 1.39. The topological polar surface area (TPSA) is 47.6 Å². The minimum Gasteiger partial charge on any atom is -0.382 e. The van der Waals surface area contributed by atoms with Crippen LogP contribution < -0.4 is 5.48 Å². The summed E-state index contributed by atoms with van der Waals surface area (Å²) in [6.45, 7) is 4.90. The fourth-order valence-electron chi connectivity index (χ4n) is 1.39. The second kappa shape index (κ2) is 7.04. The highest BCUT2D eigenvalue weighted by Gasteiger charge is 2.04. The molecule has 1 amide bonds. The Morgan fingerprint density at radius 3 is 2.65 bits per heavy atom. The number of ether oxygens (including phenoxy) is 1. The van der Waals surface area contributed by atoms with Crippen LogP contribution in [0.2, 0.25) is 0 Å². The lowest BCUT2D eigenvalue weighted by Gasteiger charge is -2.07. The number of aryl methyl sites for hydroxylation is 2. The number of nitrogens with one attached hydrogen (secondary N) is 1. The Balaban J connectivity index is 2.37. The van der Waals surface area contributed by atoms with E-state index in [9.17, 15) is 4.79 Å². The number of amides is 1. The van der Waals surface area contributed by atoms with E-state index in [2.05, 4.69) is 5.48 Å². The summed E-state index contributed by atoms with van der Waals surface area (Å²) in [6, 6.07) is 5.99. The van der Waals surface area contributed by atoms with Gasteiger partial charge in [0.25, 0.3) is 0 Å². The van der Waals surface area contributed by atoms with Crippen LogP contribution >= 0.6 is 0 Å². The van der Waals surface area contributed by atoms with Crippen molar-refractivity contribution in [3.63, 3.8) is 0 Å². The molecule has 0 aliphatic rings. The van der Waals surface area contributed by atoms with Crippen LogP contribution in [0.15, 0.2) is 18.2 Å². The summed E-state index contributed by atoms with van der Waals surface area (Å²) < 4.78 is 4.79. The van der Waals surface area contributed by atoms with Gasteiger partial charge in [0.1, 0.15) is 0 Å². The highest BCUT2D eigenvalue weighted by Crippen LogP contribution is 2.10. The number of benzene rings is 1. The second-order valence-corrected chi connectivity index (χ2v) is 3.96. The largest absolute Gasteiger partial charge is 0.382 e. The second-order valence-electron chi connectivity index (χ2n) is 3.96. The molecule has 4 nitrogen and oxygen atoms in total. The first-order valence-corrected chi connectivity index (χ1v) is 5.59. The molecule has 0 aromatic heterocycles. The third-order valence-electron chi connectivity index (χ3n) is 2.51. The number of hydrogen-bond acceptors (Lipinski definition) is 3. The van der Waals surface area contributed by atoms with Gasteiger partial charge in [-0.2, -0.15) is 0 Å². The molecule has 1 N–H and O–H groups in total. The molecule has 0 saturated heterocycles. The first-order chi connectivity index (χ1) is 8.13. The van der Waals surface area contributed by atoms with Gasteiger partial charge in [0.05, 0.1) is 19.6 Å². The Morgan fingerprint density at radius 1 is 1.24 bits per heavy atom. The summed E-state index contributed by atoms with van der Waals surface area (Å²) in [5.74, 6) is -0.149. The van der Waals surface area contributed by atoms with Crippen molar-refractivity contribution < 1.29 is 14.4 Å². The minimum atomic E-state index is -0.149. The van der Waals surface area contributed by atoms with Gasteiger partial charge in [0, 0.05) is 7.11 Å². The average Bonchev–Trinajstić information content (AvgIpc) is 2.30. The smallest absolute Gasteiger partial charge is 0.247 e. The van der Waals surface area contributed by atoms with Gasteiger partial charge in [-0.15, -0.1) is 0 Å². The predicted molar refractivity (Wildman–Crippen MR) is 65.6 cm³/mol. The average molecular weight is 237 g/mol. The number of hydrogen-bond donors (Lipinski definition) is 1. The van der Waals surface area contributed by atoms with E-state index in [0.717, 1.165) is 5.56 Å². The molecule has 0 heterocycles. The van der Waals surface area contributed by atoms with Crippen LogP contribution in [-0.2, 0) is 20.8 Å². The molecule has 0 saturated carbocycles. The van der Waals surface area contributed by atoms with Crippen LogP contribution in [0.25, 0.3) is 0 Å². The lowest BCUT2D eigenvalue weighted by atomic mass is 10.0. The maximum Gasteiger partial charge on any atom is 0.247 e. The molecule has 0 unspecified atom stereocenters. The van der Waals surface area contributed by atoms with Gasteiger partial charge in [-0.05, 0) is 30.5 Å². The van der Waals surface area contributed by atoms with E-state index in [1.54, 1.807) is 7.11 Å². The van der Waals surface area contributed by atoms with Crippen molar-refractivity contribution in [2.45, 2.75) is 20.3 Å². The molecule has 4 heteroatoms. The van der Waals surface area contributed by atoms with Crippen molar-refractivity contribution in [3.8, 4) is 0 Å². The molecule has 0 radical (unpaired) electrons. The molecule has 1 aromatic rings. The number of carbonyl (C=O) groups excluding carboxylic acids is 1. The summed E-state index contributed by atoms with van der Waals surface area (Å²) in [6.07, 6.45) is 0.327. The van der Waals surface area contributed by atoms with Crippen molar-refractivity contribution in [1.82, 2.24) is 5.48 Å². The summed E-state index contributed by atoms with van der Waals surface area (Å²) in [4.78, 5) is 16.4. The van der Waals surface area contributed by atoms with Crippen molar-refractivity contribution in [2.24, 2.45) is 0 Å². The highest BCUT2D eigenvalue weighted by molar-refractivity contribution is 5.77. The maximum atomic E-state index is 11.5. The fraction of sp³-hybridized carbons (Fsp3) is 0.462. The standard InChI is InChI=1S/C13H19NO3/c1-10-4-5-12(8-11(10)2)9-13(15)14-17-7-6-16-3/h4-5,8H,6-7,9H2,1-3H3,(H,14,15). The van der Waals surface area contributed by atoms with Crippen molar-refractivity contribution in [3.05, 3.63) is 34.9 Å². The van der Waals surface area contributed by atoms with E-state index in [1.807, 2.05) is 32.0 Å². The molecule has 0 aliphatic carbocycles. The molecular weight excluding hydrogens is 218 g/mol. The van der Waals surface area contributed by atoms with E-state index in [1.165, 1.54) is 11.1 Å². The van der Waals surface area contributed by atoms with Crippen LogP contribution in [0.5, 0.6) is 0 Å². The van der Waals surface area contributed by atoms with Gasteiger partial charge in [-0.1, -0.05) is 18.2 Å². The normalized spacial score (nSPS) is 10.3. The van der Waals surface area contributed by atoms with Gasteiger partial charge in [0.15, 0.2) is 0 Å². The summed E-state index contributed by atoms with van der Waals surface area (Å²) in [7, 11) is 1.58. The summed E-state index contributed by atoms with van der Waals surface area (Å²) >= 11 is 0. The Kier molecular flexibility index (Phi) is 5.66. The molecule has 0 atom stereocenters. The van der Waals surface area contributed by atoms with E-state index in [0.29, 0.717) is 19.6 Å². The van der Waals surface area contributed by atoms with E-state index < -0.39 is 0 Å². The van der Waals surface area contributed by atoms with Crippen LogP contribution in [0.3, 0.4) is 0 Å². The number of hydroxylamine groups is 1. The molecular formula is C13H19NO3. The van der Waals surface area contributed by atoms with E-state index in [4.69, 9.17) is 9.57 Å². The minimum absolute atomic E-state index is 0.149. The first kappa shape index (κ1) is 13.7. The molecule has 0 bridgehead atoms. The number of methoxy groups -OCH3 is 1. The molecule has 17 heavy (non-hydrogen) atoms. The Bertz CT molecular complexity index is 377. The third-order valence-corrected chi connectivity index (χ3v) is 2.51. The molecule has 1 aromatic carbocycles. The zero-order chi connectivity index (χ0) is 12.7. The summed E-state index contributed by atoms with van der Waals surface area (Å²) in [5.41, 5.74) is 5.79. The molecule has 94 valence electrons. The van der Waals surface area contributed by atoms with Crippen molar-refractivity contribution in [1.29, 1.82) is 0 Å². The zero-order valence-electron chi connectivity index (χ0n) is 10.6. The van der Waals surface area contributed by atoms with Gasteiger partial charge in [-0.3, -0.25) is 9.63 Å². The van der Waals surface area contributed by atoms with Gasteiger partial charge in [-0.25, -0.2) is 5.48 Å². The lowest BCUT2D eigenvalue weighted by Crippen LogP contribution is -2.26. The molecule has 0 fully saturated rings. The van der Waals surface area contributed by atoms with Crippen LogP contribution in [0.1, 0.15) is 16.7 Å². The van der Waals surface area contributed by atoms with Crippen LogP contribution in [0, 0.1) is 13.8 Å². The SMILES string of the molecule is COCCONC(=O)Cc1ccc(C)c(C)c1. The Labute approximate surface area is 102 Å². The Morgan fingerprint density at radius 2 is 2.00 bits per heavy atom.